The summed E-state index contributed by atoms with van der Waals surface area (Å²) in [6.07, 6.45) is 1.99. The minimum Gasteiger partial charge on any atom is -0.494 e. The third kappa shape index (κ3) is 3.88. The fourth-order valence-corrected chi connectivity index (χ4v) is 2.00. The van der Waals surface area contributed by atoms with Crippen molar-refractivity contribution in [1.82, 2.24) is 9.78 Å². The van der Waals surface area contributed by atoms with Crippen LogP contribution in [0.25, 0.3) is 0 Å². The molecule has 2 rings (SSSR count). The van der Waals surface area contributed by atoms with E-state index in [-0.39, 0.29) is 12.3 Å². The highest BCUT2D eigenvalue weighted by Crippen LogP contribution is 2.26. The van der Waals surface area contributed by atoms with Gasteiger partial charge in [0.15, 0.2) is 0 Å². The highest BCUT2D eigenvalue weighted by atomic mass is 35.5. The van der Waals surface area contributed by atoms with E-state index in [1.807, 2.05) is 6.92 Å². The summed E-state index contributed by atoms with van der Waals surface area (Å²) >= 11 is 5.92. The lowest BCUT2D eigenvalue weighted by Crippen LogP contribution is -2.15. The van der Waals surface area contributed by atoms with Crippen LogP contribution in [0.3, 0.4) is 0 Å². The number of carbonyl (C=O) groups is 1. The number of benzene rings is 1. The number of nitrogens with zero attached hydrogens (tertiary/aromatic N) is 2. The van der Waals surface area contributed by atoms with E-state index in [0.717, 1.165) is 5.69 Å². The van der Waals surface area contributed by atoms with Gasteiger partial charge in [0.1, 0.15) is 5.75 Å². The molecule has 0 atom stereocenters. The van der Waals surface area contributed by atoms with E-state index in [1.165, 1.54) is 7.11 Å². The second-order valence-electron chi connectivity index (χ2n) is 4.58. The lowest BCUT2D eigenvalue weighted by molar-refractivity contribution is -0.116. The zero-order chi connectivity index (χ0) is 15.4. The number of carbonyl (C=O) groups excluding carboxylic acids is 1. The molecule has 0 unspecified atom stereocenters. The zero-order valence-corrected chi connectivity index (χ0v) is 12.6. The van der Waals surface area contributed by atoms with Crippen LogP contribution in [0.1, 0.15) is 12.1 Å². The van der Waals surface area contributed by atoms with E-state index < -0.39 is 0 Å². The van der Waals surface area contributed by atoms with Crippen LogP contribution >= 0.6 is 11.6 Å². The molecule has 7 heteroatoms. The number of anilines is 2. The minimum absolute atomic E-state index is 0.137. The van der Waals surface area contributed by atoms with Gasteiger partial charge in [-0.05, 0) is 19.1 Å². The number of aromatic nitrogens is 2. The second-order valence-corrected chi connectivity index (χ2v) is 4.99. The molecule has 0 fully saturated rings. The third-order valence-corrected chi connectivity index (χ3v) is 3.33. The Morgan fingerprint density at radius 2 is 2.29 bits per heavy atom. The normalized spacial score (nSPS) is 10.4. The van der Waals surface area contributed by atoms with E-state index in [2.05, 4.69) is 10.4 Å². The number of nitrogen functional groups attached to an aromatic ring is 1. The Hall–Kier alpha value is -2.21. The van der Waals surface area contributed by atoms with E-state index in [9.17, 15) is 4.79 Å². The Balaban J connectivity index is 1.95. The van der Waals surface area contributed by atoms with Crippen LogP contribution in [-0.2, 0) is 11.3 Å². The van der Waals surface area contributed by atoms with Gasteiger partial charge in [0, 0.05) is 30.9 Å². The number of nitrogens with two attached hydrogens (primary N) is 1. The smallest absolute Gasteiger partial charge is 0.226 e. The van der Waals surface area contributed by atoms with Crippen LogP contribution in [0.2, 0.25) is 5.02 Å². The molecule has 21 heavy (non-hydrogen) atoms. The maximum absolute atomic E-state index is 12.0. The van der Waals surface area contributed by atoms with Gasteiger partial charge >= 0.3 is 0 Å². The molecule has 0 aliphatic rings. The number of rotatable bonds is 5. The molecule has 0 saturated carbocycles. The lowest BCUT2D eigenvalue weighted by atomic mass is 10.2. The molecule has 1 aromatic carbocycles. The van der Waals surface area contributed by atoms with Crippen molar-refractivity contribution >= 4 is 28.9 Å². The number of aryl methyl sites for hydroxylation is 2. The average Bonchev–Trinajstić information content (AvgIpc) is 2.77. The molecule has 0 radical (unpaired) electrons. The minimum atomic E-state index is -0.137. The second kappa shape index (κ2) is 6.49. The number of amides is 1. The Bertz CT molecular complexity index is 635. The van der Waals surface area contributed by atoms with Crippen molar-refractivity contribution in [2.45, 2.75) is 19.9 Å². The Morgan fingerprint density at radius 3 is 2.90 bits per heavy atom. The number of nitrogens with one attached hydrogen (secondary N) is 1. The molecule has 112 valence electrons. The van der Waals surface area contributed by atoms with Crippen LogP contribution in [-0.4, -0.2) is 22.8 Å². The van der Waals surface area contributed by atoms with E-state index in [1.54, 1.807) is 29.1 Å². The molecule has 0 bridgehead atoms. The molecule has 1 amide bonds. The summed E-state index contributed by atoms with van der Waals surface area (Å²) in [5, 5.41) is 7.58. The summed E-state index contributed by atoms with van der Waals surface area (Å²) in [6.45, 7) is 2.27. The molecular weight excluding hydrogens is 292 g/mol. The van der Waals surface area contributed by atoms with Gasteiger partial charge < -0.3 is 15.8 Å². The molecule has 6 nitrogen and oxygen atoms in total. The molecule has 0 aliphatic heterocycles. The van der Waals surface area contributed by atoms with Crippen molar-refractivity contribution < 1.29 is 9.53 Å². The van der Waals surface area contributed by atoms with E-state index >= 15 is 0 Å². The molecule has 1 heterocycles. The number of ether oxygens (including phenoxy) is 1. The SMILES string of the molecule is COc1cc(N)ccc1NC(=O)CCn1cc(Cl)c(C)n1. The fraction of sp³-hybridized carbons (Fsp3) is 0.286. The highest BCUT2D eigenvalue weighted by molar-refractivity contribution is 6.31. The zero-order valence-electron chi connectivity index (χ0n) is 11.9. The van der Waals surface area contributed by atoms with Crippen LogP contribution in [0.4, 0.5) is 11.4 Å². The van der Waals surface area contributed by atoms with Crippen molar-refractivity contribution in [3.05, 3.63) is 35.1 Å². The van der Waals surface area contributed by atoms with E-state index in [0.29, 0.717) is 28.7 Å². The Kier molecular flexibility index (Phi) is 4.70. The number of halogens is 1. The summed E-state index contributed by atoms with van der Waals surface area (Å²) in [7, 11) is 1.53. The summed E-state index contributed by atoms with van der Waals surface area (Å²) in [5.41, 5.74) is 7.58. The maximum atomic E-state index is 12.0. The number of hydrogen-bond donors (Lipinski definition) is 2. The predicted octanol–water partition coefficient (Wildman–Crippen LogP) is 2.46. The molecule has 0 saturated heterocycles. The highest BCUT2D eigenvalue weighted by Gasteiger charge is 2.09. The van der Waals surface area contributed by atoms with Gasteiger partial charge in [-0.25, -0.2) is 0 Å². The Morgan fingerprint density at radius 1 is 1.52 bits per heavy atom. The topological polar surface area (TPSA) is 82.2 Å². The molecule has 1 aromatic heterocycles. The molecule has 2 aromatic rings. The lowest BCUT2D eigenvalue weighted by Gasteiger charge is -2.10. The van der Waals surface area contributed by atoms with Gasteiger partial charge in [0.05, 0.1) is 23.5 Å². The summed E-state index contributed by atoms with van der Waals surface area (Å²) < 4.78 is 6.83. The fourth-order valence-electron chi connectivity index (χ4n) is 1.85. The molecular formula is C14H17ClN4O2. The average molecular weight is 309 g/mol. The number of methoxy groups -OCH3 is 1. The van der Waals surface area contributed by atoms with Gasteiger partial charge in [0.2, 0.25) is 5.91 Å². The van der Waals surface area contributed by atoms with Crippen molar-refractivity contribution in [3.8, 4) is 5.75 Å². The standard InChI is InChI=1S/C14H17ClN4O2/c1-9-11(15)8-19(18-9)6-5-14(20)17-12-4-3-10(16)7-13(12)21-2/h3-4,7-8H,5-6,16H2,1-2H3,(H,17,20). The van der Waals surface area contributed by atoms with Crippen LogP contribution in [0.5, 0.6) is 5.75 Å². The van der Waals surface area contributed by atoms with Gasteiger partial charge in [-0.15, -0.1) is 0 Å². The number of hydrogen-bond acceptors (Lipinski definition) is 4. The maximum Gasteiger partial charge on any atom is 0.226 e. The quantitative estimate of drug-likeness (QED) is 0.831. The largest absolute Gasteiger partial charge is 0.494 e. The van der Waals surface area contributed by atoms with E-state index in [4.69, 9.17) is 22.1 Å². The first-order chi connectivity index (χ1) is 9.99. The monoisotopic (exact) mass is 308 g/mol. The summed E-state index contributed by atoms with van der Waals surface area (Å²) in [5.74, 6) is 0.392. The molecule has 0 spiro atoms. The van der Waals surface area contributed by atoms with Crippen LogP contribution in [0, 0.1) is 6.92 Å². The molecule has 0 aliphatic carbocycles. The van der Waals surface area contributed by atoms with Crippen molar-refractivity contribution in [2.75, 3.05) is 18.2 Å². The van der Waals surface area contributed by atoms with Crippen molar-refractivity contribution in [3.63, 3.8) is 0 Å². The van der Waals surface area contributed by atoms with Gasteiger partial charge in [0.25, 0.3) is 0 Å². The first-order valence-corrected chi connectivity index (χ1v) is 6.80. The first-order valence-electron chi connectivity index (χ1n) is 6.42. The summed E-state index contributed by atoms with van der Waals surface area (Å²) in [4.78, 5) is 12.0. The van der Waals surface area contributed by atoms with Gasteiger partial charge in [-0.3, -0.25) is 9.48 Å². The van der Waals surface area contributed by atoms with Crippen molar-refractivity contribution in [1.29, 1.82) is 0 Å². The van der Waals surface area contributed by atoms with Crippen LogP contribution in [0.15, 0.2) is 24.4 Å². The van der Waals surface area contributed by atoms with Gasteiger partial charge in [-0.2, -0.15) is 5.10 Å². The van der Waals surface area contributed by atoms with Crippen LogP contribution < -0.4 is 15.8 Å². The summed E-state index contributed by atoms with van der Waals surface area (Å²) in [6, 6.07) is 5.07. The third-order valence-electron chi connectivity index (χ3n) is 2.95. The Labute approximate surface area is 127 Å². The predicted molar refractivity (Wildman–Crippen MR) is 82.6 cm³/mol. The molecule has 3 N–H and O–H groups in total. The van der Waals surface area contributed by atoms with Crippen molar-refractivity contribution in [2.24, 2.45) is 0 Å². The van der Waals surface area contributed by atoms with Gasteiger partial charge in [-0.1, -0.05) is 11.6 Å². The first kappa shape index (κ1) is 15.2.